The highest BCUT2D eigenvalue weighted by Gasteiger charge is 2.15. The molecule has 0 unspecified atom stereocenters. The van der Waals surface area contributed by atoms with Crippen LogP contribution in [0.4, 0.5) is 5.69 Å². The van der Waals surface area contributed by atoms with E-state index in [-0.39, 0.29) is 6.04 Å². The van der Waals surface area contributed by atoms with E-state index in [2.05, 4.69) is 24.5 Å². The largest absolute Gasteiger partial charge is 0.398 e. The second-order valence-electron chi connectivity index (χ2n) is 5.60. The summed E-state index contributed by atoms with van der Waals surface area (Å²) in [6, 6.07) is 12.1. The van der Waals surface area contributed by atoms with Crippen molar-refractivity contribution in [2.75, 3.05) is 5.73 Å². The molecule has 1 heterocycles. The number of aryl methyl sites for hydroxylation is 1. The Morgan fingerprint density at radius 3 is 2.57 bits per heavy atom. The highest BCUT2D eigenvalue weighted by Crippen LogP contribution is 2.31. The predicted molar refractivity (Wildman–Crippen MR) is 89.7 cm³/mol. The number of rotatable bonds is 2. The van der Waals surface area contributed by atoms with Gasteiger partial charge in [0.15, 0.2) is 0 Å². The number of aromatic nitrogens is 2. The lowest BCUT2D eigenvalue weighted by Crippen LogP contribution is -2.03. The highest BCUT2D eigenvalue weighted by molar-refractivity contribution is 6.31. The van der Waals surface area contributed by atoms with Crippen LogP contribution >= 0.6 is 11.6 Å². The molecule has 3 rings (SSSR count). The molecular formula is C17H18ClN3. The Balaban J connectivity index is 2.30. The molecule has 0 radical (unpaired) electrons. The molecule has 108 valence electrons. The van der Waals surface area contributed by atoms with Gasteiger partial charge in [0.1, 0.15) is 5.82 Å². The molecule has 21 heavy (non-hydrogen) atoms. The van der Waals surface area contributed by atoms with E-state index in [1.807, 2.05) is 37.3 Å². The van der Waals surface area contributed by atoms with Crippen molar-refractivity contribution >= 4 is 28.3 Å². The van der Waals surface area contributed by atoms with E-state index in [4.69, 9.17) is 22.3 Å². The molecule has 0 aliphatic carbocycles. The molecule has 0 bridgehead atoms. The van der Waals surface area contributed by atoms with Gasteiger partial charge in [-0.05, 0) is 50.6 Å². The van der Waals surface area contributed by atoms with Gasteiger partial charge in [-0.15, -0.1) is 0 Å². The first-order chi connectivity index (χ1) is 9.97. The Labute approximate surface area is 129 Å². The summed E-state index contributed by atoms with van der Waals surface area (Å²) in [4.78, 5) is 4.76. The van der Waals surface area contributed by atoms with E-state index in [0.29, 0.717) is 0 Å². The molecule has 0 spiro atoms. The van der Waals surface area contributed by atoms with Crippen LogP contribution in [0.3, 0.4) is 0 Å². The monoisotopic (exact) mass is 299 g/mol. The summed E-state index contributed by atoms with van der Waals surface area (Å²) in [5.41, 5.74) is 10.9. The molecular weight excluding hydrogens is 282 g/mol. The maximum atomic E-state index is 6.14. The van der Waals surface area contributed by atoms with Crippen molar-refractivity contribution in [1.82, 2.24) is 9.55 Å². The number of anilines is 1. The smallest absolute Gasteiger partial charge is 0.141 e. The van der Waals surface area contributed by atoms with Gasteiger partial charge < -0.3 is 10.3 Å². The second kappa shape index (κ2) is 5.08. The van der Waals surface area contributed by atoms with E-state index < -0.39 is 0 Å². The first kappa shape index (κ1) is 14.0. The standard InChI is InChI=1S/C17H18ClN3/c1-10(2)21-16-9-13(18)6-7-15(16)20-17(21)12-5-4-11(3)14(19)8-12/h4-10H,19H2,1-3H3. The SMILES string of the molecule is Cc1ccc(-c2nc3ccc(Cl)cc3n2C(C)C)cc1N. The van der Waals surface area contributed by atoms with Crippen molar-refractivity contribution in [3.8, 4) is 11.4 Å². The Kier molecular flexibility index (Phi) is 3.38. The number of imidazole rings is 1. The lowest BCUT2D eigenvalue weighted by molar-refractivity contribution is 0.624. The summed E-state index contributed by atoms with van der Waals surface area (Å²) in [5.74, 6) is 0.925. The van der Waals surface area contributed by atoms with Crippen LogP contribution in [0.2, 0.25) is 5.02 Å². The topological polar surface area (TPSA) is 43.8 Å². The molecule has 0 saturated carbocycles. The van der Waals surface area contributed by atoms with Crippen molar-refractivity contribution in [2.45, 2.75) is 26.8 Å². The van der Waals surface area contributed by atoms with Gasteiger partial charge in [0.05, 0.1) is 11.0 Å². The number of nitrogens with two attached hydrogens (primary N) is 1. The molecule has 0 saturated heterocycles. The molecule has 1 aromatic heterocycles. The third-order valence-corrected chi connectivity index (χ3v) is 3.94. The lowest BCUT2D eigenvalue weighted by atomic mass is 10.1. The Morgan fingerprint density at radius 1 is 1.14 bits per heavy atom. The maximum Gasteiger partial charge on any atom is 0.141 e. The second-order valence-corrected chi connectivity index (χ2v) is 6.04. The van der Waals surface area contributed by atoms with E-state index in [1.54, 1.807) is 0 Å². The number of nitrogens with zero attached hydrogens (tertiary/aromatic N) is 2. The Morgan fingerprint density at radius 2 is 1.90 bits per heavy atom. The molecule has 2 aromatic carbocycles. The lowest BCUT2D eigenvalue weighted by Gasteiger charge is -2.14. The molecule has 0 aliphatic rings. The molecule has 0 fully saturated rings. The van der Waals surface area contributed by atoms with Crippen molar-refractivity contribution in [3.63, 3.8) is 0 Å². The van der Waals surface area contributed by atoms with Crippen LogP contribution in [-0.4, -0.2) is 9.55 Å². The molecule has 0 aliphatic heterocycles. The normalized spacial score (nSPS) is 11.5. The quantitative estimate of drug-likeness (QED) is 0.689. The van der Waals surface area contributed by atoms with Crippen molar-refractivity contribution in [2.24, 2.45) is 0 Å². The van der Waals surface area contributed by atoms with E-state index >= 15 is 0 Å². The van der Waals surface area contributed by atoms with Crippen LogP contribution in [0.25, 0.3) is 22.4 Å². The number of halogens is 1. The molecule has 2 N–H and O–H groups in total. The summed E-state index contributed by atoms with van der Waals surface area (Å²) in [6.45, 7) is 6.29. The van der Waals surface area contributed by atoms with Crippen LogP contribution in [-0.2, 0) is 0 Å². The molecule has 4 heteroatoms. The predicted octanol–water partition coefficient (Wildman–Crippen LogP) is 4.83. The number of fused-ring (bicyclic) bond motifs is 1. The van der Waals surface area contributed by atoms with Gasteiger partial charge in [-0.25, -0.2) is 4.98 Å². The first-order valence-electron chi connectivity index (χ1n) is 7.01. The summed E-state index contributed by atoms with van der Waals surface area (Å²) < 4.78 is 2.20. The zero-order valence-electron chi connectivity index (χ0n) is 12.4. The fourth-order valence-electron chi connectivity index (χ4n) is 2.57. The van der Waals surface area contributed by atoms with Crippen molar-refractivity contribution in [3.05, 3.63) is 47.0 Å². The number of benzene rings is 2. The summed E-state index contributed by atoms with van der Waals surface area (Å²) in [6.07, 6.45) is 0. The molecule has 3 aromatic rings. The van der Waals surface area contributed by atoms with E-state index in [0.717, 1.165) is 38.7 Å². The van der Waals surface area contributed by atoms with E-state index in [9.17, 15) is 0 Å². The van der Waals surface area contributed by atoms with Crippen LogP contribution in [0, 0.1) is 6.92 Å². The zero-order valence-corrected chi connectivity index (χ0v) is 13.1. The van der Waals surface area contributed by atoms with Gasteiger partial charge >= 0.3 is 0 Å². The summed E-state index contributed by atoms with van der Waals surface area (Å²) >= 11 is 6.14. The average Bonchev–Trinajstić information content (AvgIpc) is 2.80. The van der Waals surface area contributed by atoms with Crippen molar-refractivity contribution in [1.29, 1.82) is 0 Å². The van der Waals surface area contributed by atoms with Crippen LogP contribution < -0.4 is 5.73 Å². The van der Waals surface area contributed by atoms with Gasteiger partial charge in [-0.3, -0.25) is 0 Å². The third kappa shape index (κ3) is 2.38. The van der Waals surface area contributed by atoms with Gasteiger partial charge in [0, 0.05) is 22.3 Å². The van der Waals surface area contributed by atoms with Crippen LogP contribution in [0.5, 0.6) is 0 Å². The van der Waals surface area contributed by atoms with Crippen molar-refractivity contribution < 1.29 is 0 Å². The van der Waals surface area contributed by atoms with Gasteiger partial charge in [-0.1, -0.05) is 23.7 Å². The molecule has 0 amide bonds. The van der Waals surface area contributed by atoms with Crippen LogP contribution in [0.15, 0.2) is 36.4 Å². The maximum absolute atomic E-state index is 6.14. The highest BCUT2D eigenvalue weighted by atomic mass is 35.5. The molecule has 3 nitrogen and oxygen atoms in total. The fraction of sp³-hybridized carbons (Fsp3) is 0.235. The van der Waals surface area contributed by atoms with Crippen LogP contribution in [0.1, 0.15) is 25.5 Å². The van der Waals surface area contributed by atoms with E-state index in [1.165, 1.54) is 0 Å². The molecule has 0 atom stereocenters. The number of hydrogen-bond acceptors (Lipinski definition) is 2. The number of nitrogen functional groups attached to an aromatic ring is 1. The number of hydrogen-bond donors (Lipinski definition) is 1. The minimum absolute atomic E-state index is 0.283. The first-order valence-corrected chi connectivity index (χ1v) is 7.39. The third-order valence-electron chi connectivity index (χ3n) is 3.71. The fourth-order valence-corrected chi connectivity index (χ4v) is 2.74. The Hall–Kier alpha value is -2.00. The minimum atomic E-state index is 0.283. The van der Waals surface area contributed by atoms with Gasteiger partial charge in [0.2, 0.25) is 0 Å². The zero-order chi connectivity index (χ0) is 15.1. The summed E-state index contributed by atoms with van der Waals surface area (Å²) in [5, 5.41) is 0.722. The Bertz CT molecular complexity index is 818. The van der Waals surface area contributed by atoms with Gasteiger partial charge in [-0.2, -0.15) is 0 Å². The van der Waals surface area contributed by atoms with Gasteiger partial charge in [0.25, 0.3) is 0 Å². The summed E-state index contributed by atoms with van der Waals surface area (Å²) in [7, 11) is 0. The average molecular weight is 300 g/mol. The minimum Gasteiger partial charge on any atom is -0.398 e.